The van der Waals surface area contributed by atoms with Crippen molar-refractivity contribution in [2.24, 2.45) is 0 Å². The van der Waals surface area contributed by atoms with Crippen LogP contribution < -0.4 is 0 Å². The van der Waals surface area contributed by atoms with Crippen molar-refractivity contribution in [2.75, 3.05) is 26.4 Å². The smallest absolute Gasteiger partial charge is 0.332 e. The summed E-state index contributed by atoms with van der Waals surface area (Å²) in [6, 6.07) is 0. The molecule has 0 N–H and O–H groups in total. The summed E-state index contributed by atoms with van der Waals surface area (Å²) < 4.78 is 27.2. The minimum Gasteiger partial charge on any atom is -0.348 e. The number of hydrogen-bond acceptors (Lipinski definition) is 5. The Hall–Kier alpha value is 0.230. The molecule has 0 radical (unpaired) electrons. The summed E-state index contributed by atoms with van der Waals surface area (Å²) in [6.07, 6.45) is -0.0408. The van der Waals surface area contributed by atoms with Gasteiger partial charge in [0.1, 0.15) is 6.10 Å². The first-order valence-electron chi connectivity index (χ1n) is 5.58. The summed E-state index contributed by atoms with van der Waals surface area (Å²) in [4.78, 5) is 0. The lowest BCUT2D eigenvalue weighted by Gasteiger charge is -2.19. The van der Waals surface area contributed by atoms with Gasteiger partial charge in [-0.1, -0.05) is 0 Å². The van der Waals surface area contributed by atoms with E-state index in [0.29, 0.717) is 26.4 Å². The molecule has 96 valence electrons. The molecule has 1 fully saturated rings. The molecule has 6 heteroatoms. The van der Waals surface area contributed by atoms with Gasteiger partial charge < -0.3 is 23.0 Å². The average Bonchev–Trinajstić information content (AvgIpc) is 2.55. The summed E-state index contributed by atoms with van der Waals surface area (Å²) in [6.45, 7) is 9.76. The molecule has 5 nitrogen and oxygen atoms in total. The zero-order valence-corrected chi connectivity index (χ0v) is 11.3. The van der Waals surface area contributed by atoms with E-state index in [1.165, 1.54) is 0 Å². The molecule has 0 bridgehead atoms. The van der Waals surface area contributed by atoms with E-state index in [1.54, 1.807) is 0 Å². The van der Waals surface area contributed by atoms with Gasteiger partial charge in [-0.15, -0.1) is 0 Å². The summed E-state index contributed by atoms with van der Waals surface area (Å²) in [5, 5.41) is 0. The highest BCUT2D eigenvalue weighted by Gasteiger charge is 2.33. The van der Waals surface area contributed by atoms with E-state index in [1.807, 2.05) is 27.7 Å². The van der Waals surface area contributed by atoms with Crippen molar-refractivity contribution in [3.8, 4) is 0 Å². The Morgan fingerprint density at radius 2 is 1.81 bits per heavy atom. The fourth-order valence-electron chi connectivity index (χ4n) is 1.31. The summed E-state index contributed by atoms with van der Waals surface area (Å²) >= 11 is 0. The van der Waals surface area contributed by atoms with Crippen LogP contribution in [0.1, 0.15) is 27.7 Å². The first-order chi connectivity index (χ1) is 7.57. The minimum absolute atomic E-state index is 0.0408. The van der Waals surface area contributed by atoms with Gasteiger partial charge in [-0.3, -0.25) is 0 Å². The Morgan fingerprint density at radius 3 is 2.25 bits per heavy atom. The quantitative estimate of drug-likeness (QED) is 0.651. The first-order valence-corrected chi connectivity index (χ1v) is 6.67. The Balaban J connectivity index is 2.22. The highest BCUT2D eigenvalue weighted by Crippen LogP contribution is 2.40. The molecule has 0 amide bonds. The Morgan fingerprint density at radius 1 is 1.19 bits per heavy atom. The molecule has 16 heavy (non-hydrogen) atoms. The van der Waals surface area contributed by atoms with Gasteiger partial charge in [0.05, 0.1) is 26.4 Å². The standard InChI is InChI=1S/C10H21O5P/c1-5-12-16(13-6-2)14-8-9-7-11-10(3,4)15-9/h9H,5-8H2,1-4H3. The third-order valence-corrected chi connectivity index (χ3v) is 3.20. The molecule has 1 heterocycles. The lowest BCUT2D eigenvalue weighted by molar-refractivity contribution is -0.141. The van der Waals surface area contributed by atoms with E-state index in [0.717, 1.165) is 0 Å². The normalized spacial score (nSPS) is 24.2. The molecule has 1 saturated heterocycles. The monoisotopic (exact) mass is 252 g/mol. The molecule has 1 unspecified atom stereocenters. The molecule has 0 aromatic rings. The topological polar surface area (TPSA) is 46.2 Å². The maximum atomic E-state index is 5.61. The molecule has 1 aliphatic rings. The van der Waals surface area contributed by atoms with Crippen LogP contribution in [-0.2, 0) is 23.0 Å². The van der Waals surface area contributed by atoms with Crippen molar-refractivity contribution in [1.82, 2.24) is 0 Å². The van der Waals surface area contributed by atoms with Crippen molar-refractivity contribution in [3.05, 3.63) is 0 Å². The Bertz CT molecular complexity index is 192. The molecule has 1 aliphatic heterocycles. The zero-order valence-electron chi connectivity index (χ0n) is 10.4. The summed E-state index contributed by atoms with van der Waals surface area (Å²) in [5.41, 5.74) is 0. The van der Waals surface area contributed by atoms with Crippen LogP contribution in [0.15, 0.2) is 0 Å². The van der Waals surface area contributed by atoms with Gasteiger partial charge in [-0.25, -0.2) is 0 Å². The zero-order chi connectivity index (χ0) is 12.0. The number of hydrogen-bond donors (Lipinski definition) is 0. The van der Waals surface area contributed by atoms with Gasteiger partial charge in [-0.2, -0.15) is 0 Å². The molecule has 1 rings (SSSR count). The van der Waals surface area contributed by atoms with Crippen molar-refractivity contribution in [2.45, 2.75) is 39.6 Å². The largest absolute Gasteiger partial charge is 0.348 e. The predicted octanol–water partition coefficient (Wildman–Crippen LogP) is 2.45. The fourth-order valence-corrected chi connectivity index (χ4v) is 2.25. The van der Waals surface area contributed by atoms with Gasteiger partial charge in [0, 0.05) is 0 Å². The van der Waals surface area contributed by atoms with E-state index in [-0.39, 0.29) is 6.10 Å². The van der Waals surface area contributed by atoms with Crippen LogP contribution in [0, 0.1) is 0 Å². The molecule has 0 aliphatic carbocycles. The van der Waals surface area contributed by atoms with E-state index >= 15 is 0 Å². The van der Waals surface area contributed by atoms with E-state index < -0.39 is 14.4 Å². The van der Waals surface area contributed by atoms with Crippen molar-refractivity contribution >= 4 is 8.60 Å². The molecule has 1 atom stereocenters. The summed E-state index contributed by atoms with van der Waals surface area (Å²) in [7, 11) is -1.24. The van der Waals surface area contributed by atoms with Crippen LogP contribution in [0.3, 0.4) is 0 Å². The van der Waals surface area contributed by atoms with Crippen LogP contribution in [0.25, 0.3) is 0 Å². The average molecular weight is 252 g/mol. The second kappa shape index (κ2) is 6.84. The number of rotatable bonds is 7. The van der Waals surface area contributed by atoms with E-state index in [2.05, 4.69) is 0 Å². The van der Waals surface area contributed by atoms with E-state index in [9.17, 15) is 0 Å². The van der Waals surface area contributed by atoms with Crippen molar-refractivity contribution in [1.29, 1.82) is 0 Å². The molecule has 0 aromatic heterocycles. The van der Waals surface area contributed by atoms with Gasteiger partial charge in [0.2, 0.25) is 0 Å². The van der Waals surface area contributed by atoms with Crippen LogP contribution >= 0.6 is 8.60 Å². The van der Waals surface area contributed by atoms with Crippen LogP contribution in [0.5, 0.6) is 0 Å². The van der Waals surface area contributed by atoms with Gasteiger partial charge in [-0.05, 0) is 27.7 Å². The van der Waals surface area contributed by atoms with E-state index in [4.69, 9.17) is 23.0 Å². The minimum atomic E-state index is -1.24. The maximum absolute atomic E-state index is 5.61. The Labute approximate surface area is 98.3 Å². The van der Waals surface area contributed by atoms with Gasteiger partial charge in [0.25, 0.3) is 0 Å². The SMILES string of the molecule is CCOP(OCC)OCC1COC(C)(C)O1. The van der Waals surface area contributed by atoms with Gasteiger partial charge in [0.15, 0.2) is 5.79 Å². The third kappa shape index (κ3) is 5.04. The van der Waals surface area contributed by atoms with Crippen molar-refractivity contribution in [3.63, 3.8) is 0 Å². The highest BCUT2D eigenvalue weighted by molar-refractivity contribution is 7.41. The third-order valence-electron chi connectivity index (χ3n) is 1.90. The van der Waals surface area contributed by atoms with Gasteiger partial charge >= 0.3 is 8.60 Å². The molecule has 0 aromatic carbocycles. The van der Waals surface area contributed by atoms with Crippen LogP contribution in [0.4, 0.5) is 0 Å². The second-order valence-corrected chi connectivity index (χ2v) is 5.03. The first kappa shape index (κ1) is 14.3. The lowest BCUT2D eigenvalue weighted by atomic mass is 10.4. The molecule has 0 saturated carbocycles. The summed E-state index contributed by atoms with van der Waals surface area (Å²) in [5.74, 6) is -0.506. The molecular weight excluding hydrogens is 231 g/mol. The maximum Gasteiger partial charge on any atom is 0.332 e. The van der Waals surface area contributed by atoms with Crippen molar-refractivity contribution < 1.29 is 23.0 Å². The lowest BCUT2D eigenvalue weighted by Crippen LogP contribution is -2.23. The predicted molar refractivity (Wildman–Crippen MR) is 61.0 cm³/mol. The fraction of sp³-hybridized carbons (Fsp3) is 1.00. The molecule has 0 spiro atoms. The van der Waals surface area contributed by atoms with Crippen LogP contribution in [-0.4, -0.2) is 38.3 Å². The second-order valence-electron chi connectivity index (χ2n) is 3.81. The highest BCUT2D eigenvalue weighted by atomic mass is 31.2. The number of ether oxygens (including phenoxy) is 2. The Kier molecular flexibility index (Phi) is 6.11. The van der Waals surface area contributed by atoms with Crippen LogP contribution in [0.2, 0.25) is 0 Å². The molecular formula is C10H21O5P.